The minimum atomic E-state index is -0.437. The third kappa shape index (κ3) is 2.93. The molecule has 0 bridgehead atoms. The van der Waals surface area contributed by atoms with Gasteiger partial charge >= 0.3 is 0 Å². The molecule has 4 nitrogen and oxygen atoms in total. The van der Waals surface area contributed by atoms with Crippen LogP contribution in [0.2, 0.25) is 0 Å². The molecule has 2 heterocycles. The number of hydrogen-bond donors (Lipinski definition) is 1. The van der Waals surface area contributed by atoms with Gasteiger partial charge in [-0.3, -0.25) is 4.98 Å². The van der Waals surface area contributed by atoms with Crippen molar-refractivity contribution in [3.63, 3.8) is 0 Å². The first-order valence-electron chi connectivity index (χ1n) is 5.57. The van der Waals surface area contributed by atoms with Gasteiger partial charge in [0, 0.05) is 17.6 Å². The minimum absolute atomic E-state index is 0.165. The van der Waals surface area contributed by atoms with Crippen molar-refractivity contribution in [3.05, 3.63) is 24.0 Å². The van der Waals surface area contributed by atoms with E-state index in [9.17, 15) is 0 Å². The number of aryl methyl sites for hydroxylation is 1. The molecular formula is C12H18N2O2. The van der Waals surface area contributed by atoms with Crippen LogP contribution in [0.1, 0.15) is 26.0 Å². The summed E-state index contributed by atoms with van der Waals surface area (Å²) in [7, 11) is 0. The van der Waals surface area contributed by atoms with E-state index in [0.717, 1.165) is 24.2 Å². The fraction of sp³-hybridized carbons (Fsp3) is 0.583. The van der Waals surface area contributed by atoms with Crippen molar-refractivity contribution in [2.24, 2.45) is 0 Å². The van der Waals surface area contributed by atoms with E-state index in [-0.39, 0.29) is 6.10 Å². The zero-order valence-electron chi connectivity index (χ0n) is 9.77. The number of hydrogen-bond acceptors (Lipinski definition) is 4. The Morgan fingerprint density at radius 2 is 2.38 bits per heavy atom. The molecular weight excluding hydrogens is 204 g/mol. The summed E-state index contributed by atoms with van der Waals surface area (Å²) in [4.78, 5) is 4.26. The van der Waals surface area contributed by atoms with Gasteiger partial charge in [-0.15, -0.1) is 0 Å². The smallest absolute Gasteiger partial charge is 0.163 e. The van der Waals surface area contributed by atoms with E-state index in [4.69, 9.17) is 15.2 Å². The Bertz CT molecular complexity index is 366. The molecule has 1 fully saturated rings. The highest BCUT2D eigenvalue weighted by molar-refractivity contribution is 5.37. The highest BCUT2D eigenvalue weighted by atomic mass is 16.7. The van der Waals surface area contributed by atoms with Gasteiger partial charge in [0.15, 0.2) is 5.79 Å². The normalized spacial score (nSPS) is 23.5. The van der Waals surface area contributed by atoms with Crippen LogP contribution < -0.4 is 5.73 Å². The molecule has 88 valence electrons. The molecule has 0 spiro atoms. The van der Waals surface area contributed by atoms with Crippen LogP contribution in [-0.4, -0.2) is 23.5 Å². The highest BCUT2D eigenvalue weighted by Crippen LogP contribution is 2.24. The molecule has 0 unspecified atom stereocenters. The first-order chi connectivity index (χ1) is 7.55. The number of nitrogens with zero attached hydrogens (tertiary/aromatic N) is 1. The van der Waals surface area contributed by atoms with Crippen molar-refractivity contribution in [3.8, 4) is 0 Å². The topological polar surface area (TPSA) is 57.4 Å². The molecule has 1 aliphatic rings. The van der Waals surface area contributed by atoms with Crippen LogP contribution in [0.3, 0.4) is 0 Å². The average molecular weight is 222 g/mol. The third-order valence-corrected chi connectivity index (χ3v) is 2.63. The summed E-state index contributed by atoms with van der Waals surface area (Å²) in [5, 5.41) is 0. The Kier molecular flexibility index (Phi) is 3.12. The van der Waals surface area contributed by atoms with Gasteiger partial charge in [-0.1, -0.05) is 0 Å². The molecule has 1 aliphatic heterocycles. The summed E-state index contributed by atoms with van der Waals surface area (Å²) in [5.41, 5.74) is 7.46. The van der Waals surface area contributed by atoms with E-state index in [0.29, 0.717) is 6.61 Å². The number of nitrogen functional groups attached to an aromatic ring is 1. The molecule has 0 amide bonds. The van der Waals surface area contributed by atoms with Gasteiger partial charge in [0.25, 0.3) is 0 Å². The number of aromatic nitrogens is 1. The van der Waals surface area contributed by atoms with Gasteiger partial charge < -0.3 is 15.2 Å². The maximum Gasteiger partial charge on any atom is 0.163 e. The summed E-state index contributed by atoms with van der Waals surface area (Å²) in [6.45, 7) is 4.53. The molecule has 0 aromatic carbocycles. The molecule has 2 rings (SSSR count). The van der Waals surface area contributed by atoms with E-state index in [2.05, 4.69) is 4.98 Å². The van der Waals surface area contributed by atoms with Crippen molar-refractivity contribution in [2.75, 3.05) is 12.3 Å². The number of ether oxygens (including phenoxy) is 2. The lowest BCUT2D eigenvalue weighted by Crippen LogP contribution is -2.21. The van der Waals surface area contributed by atoms with Crippen LogP contribution in [-0.2, 0) is 15.9 Å². The first kappa shape index (κ1) is 11.4. The summed E-state index contributed by atoms with van der Waals surface area (Å²) in [6.07, 6.45) is 3.69. The van der Waals surface area contributed by atoms with Crippen molar-refractivity contribution in [2.45, 2.75) is 38.6 Å². The Morgan fingerprint density at radius 3 is 3.00 bits per heavy atom. The number of anilines is 1. The quantitative estimate of drug-likeness (QED) is 0.846. The Labute approximate surface area is 95.8 Å². The van der Waals surface area contributed by atoms with Crippen molar-refractivity contribution in [1.82, 2.24) is 4.98 Å². The fourth-order valence-corrected chi connectivity index (χ4v) is 1.85. The summed E-state index contributed by atoms with van der Waals surface area (Å²) >= 11 is 0. The maximum absolute atomic E-state index is 5.72. The Balaban J connectivity index is 1.84. The monoisotopic (exact) mass is 222 g/mol. The van der Waals surface area contributed by atoms with Gasteiger partial charge in [0.1, 0.15) is 0 Å². The molecule has 4 heteroatoms. The maximum atomic E-state index is 5.72. The summed E-state index contributed by atoms with van der Waals surface area (Å²) < 4.78 is 11.2. The van der Waals surface area contributed by atoms with Crippen molar-refractivity contribution >= 4 is 5.69 Å². The van der Waals surface area contributed by atoms with Gasteiger partial charge in [-0.05, 0) is 38.8 Å². The average Bonchev–Trinajstić information content (AvgIpc) is 2.56. The van der Waals surface area contributed by atoms with Crippen LogP contribution in [0, 0.1) is 0 Å². The van der Waals surface area contributed by atoms with E-state index in [1.54, 1.807) is 12.3 Å². The van der Waals surface area contributed by atoms with Crippen LogP contribution in [0.15, 0.2) is 18.3 Å². The zero-order valence-corrected chi connectivity index (χ0v) is 9.77. The van der Waals surface area contributed by atoms with Gasteiger partial charge in [-0.25, -0.2) is 0 Å². The van der Waals surface area contributed by atoms with Gasteiger partial charge in [-0.2, -0.15) is 0 Å². The molecule has 0 radical (unpaired) electrons. The van der Waals surface area contributed by atoms with Crippen molar-refractivity contribution < 1.29 is 9.47 Å². The first-order valence-corrected chi connectivity index (χ1v) is 5.57. The van der Waals surface area contributed by atoms with Crippen LogP contribution in [0.25, 0.3) is 0 Å². The molecule has 0 aliphatic carbocycles. The largest absolute Gasteiger partial charge is 0.399 e. The second-order valence-corrected chi connectivity index (χ2v) is 4.57. The SMILES string of the molecule is CC1(C)OC[C@@H](CCc2cc(N)ccn2)O1. The summed E-state index contributed by atoms with van der Waals surface area (Å²) in [6, 6.07) is 3.70. The molecule has 2 N–H and O–H groups in total. The van der Waals surface area contributed by atoms with Crippen LogP contribution >= 0.6 is 0 Å². The fourth-order valence-electron chi connectivity index (χ4n) is 1.85. The van der Waals surface area contributed by atoms with Crippen molar-refractivity contribution in [1.29, 1.82) is 0 Å². The summed E-state index contributed by atoms with van der Waals surface area (Å²) in [5.74, 6) is -0.437. The lowest BCUT2D eigenvalue weighted by molar-refractivity contribution is -0.138. The lowest BCUT2D eigenvalue weighted by Gasteiger charge is -2.16. The molecule has 16 heavy (non-hydrogen) atoms. The molecule has 1 atom stereocenters. The second-order valence-electron chi connectivity index (χ2n) is 4.57. The highest BCUT2D eigenvalue weighted by Gasteiger charge is 2.32. The van der Waals surface area contributed by atoms with E-state index in [1.807, 2.05) is 19.9 Å². The minimum Gasteiger partial charge on any atom is -0.399 e. The van der Waals surface area contributed by atoms with E-state index in [1.165, 1.54) is 0 Å². The standard InChI is InChI=1S/C12H18N2O2/c1-12(2)15-8-11(16-12)4-3-10-7-9(13)5-6-14-10/h5-7,11H,3-4,8H2,1-2H3,(H2,13,14)/t11-/m1/s1. The molecule has 1 saturated heterocycles. The number of nitrogens with two attached hydrogens (primary N) is 1. The number of pyridine rings is 1. The Hall–Kier alpha value is -1.13. The zero-order chi connectivity index (χ0) is 11.6. The number of rotatable bonds is 3. The second kappa shape index (κ2) is 4.39. The van der Waals surface area contributed by atoms with E-state index >= 15 is 0 Å². The predicted molar refractivity (Wildman–Crippen MR) is 61.9 cm³/mol. The van der Waals surface area contributed by atoms with Gasteiger partial charge in [0.2, 0.25) is 0 Å². The van der Waals surface area contributed by atoms with Gasteiger partial charge in [0.05, 0.1) is 12.7 Å². The molecule has 0 saturated carbocycles. The third-order valence-electron chi connectivity index (χ3n) is 2.63. The predicted octanol–water partition coefficient (Wildman–Crippen LogP) is 1.75. The lowest BCUT2D eigenvalue weighted by atomic mass is 10.1. The van der Waals surface area contributed by atoms with E-state index < -0.39 is 5.79 Å². The molecule has 1 aromatic heterocycles. The van der Waals surface area contributed by atoms with Crippen LogP contribution in [0.4, 0.5) is 5.69 Å². The Morgan fingerprint density at radius 1 is 1.56 bits per heavy atom. The molecule has 1 aromatic rings. The van der Waals surface area contributed by atoms with Crippen LogP contribution in [0.5, 0.6) is 0 Å².